The number of rotatable bonds is 13. The highest BCUT2D eigenvalue weighted by molar-refractivity contribution is 8.04. The van der Waals surface area contributed by atoms with Crippen LogP contribution < -0.4 is 5.32 Å². The van der Waals surface area contributed by atoms with E-state index in [1.165, 1.54) is 6.92 Å². The number of nitrogens with one attached hydrogen (secondary N) is 1. The van der Waals surface area contributed by atoms with E-state index in [1.54, 1.807) is 60.7 Å². The zero-order chi connectivity index (χ0) is 34.7. The highest BCUT2D eigenvalue weighted by atomic mass is 32.2. The van der Waals surface area contributed by atoms with Gasteiger partial charge in [0.15, 0.2) is 12.2 Å². The number of amides is 1. The van der Waals surface area contributed by atoms with Crippen LogP contribution in [0.4, 0.5) is 0 Å². The maximum Gasteiger partial charge on any atom is 0.350 e. The number of carbonyl (C=O) groups excluding carboxylic acids is 6. The Labute approximate surface area is 280 Å². The summed E-state index contributed by atoms with van der Waals surface area (Å²) < 4.78 is 34.2. The quantitative estimate of drug-likeness (QED) is 0.240. The molecule has 0 unspecified atom stereocenters. The van der Waals surface area contributed by atoms with Crippen molar-refractivity contribution in [2.45, 2.75) is 85.1 Å². The largest absolute Gasteiger partial charge is 0.466 e. The van der Waals surface area contributed by atoms with E-state index in [4.69, 9.17) is 28.4 Å². The average molecular weight is 692 g/mol. The molecule has 1 fully saturated rings. The molecule has 1 saturated heterocycles. The van der Waals surface area contributed by atoms with Crippen LogP contribution >= 0.6 is 23.5 Å². The van der Waals surface area contributed by atoms with Crippen LogP contribution in [0.3, 0.4) is 0 Å². The first-order valence-electron chi connectivity index (χ1n) is 14.4. The van der Waals surface area contributed by atoms with Crippen molar-refractivity contribution >= 4 is 59.3 Å². The molecule has 1 N–H and O–H groups in total. The third kappa shape index (κ3) is 10.2. The van der Waals surface area contributed by atoms with Gasteiger partial charge in [-0.05, 0) is 24.3 Å². The number of ether oxygens (including phenoxy) is 6. The fourth-order valence-corrected chi connectivity index (χ4v) is 7.75. The number of thioether (sulfide) groups is 2. The van der Waals surface area contributed by atoms with Crippen molar-refractivity contribution in [1.29, 1.82) is 0 Å². The van der Waals surface area contributed by atoms with Gasteiger partial charge in [0, 0.05) is 44.4 Å². The molecule has 0 radical (unpaired) electrons. The summed E-state index contributed by atoms with van der Waals surface area (Å²) >= 11 is 2.09. The second-order valence-electron chi connectivity index (χ2n) is 10.3. The van der Waals surface area contributed by atoms with Crippen molar-refractivity contribution in [3.8, 4) is 0 Å². The summed E-state index contributed by atoms with van der Waals surface area (Å²) in [6.07, 6.45) is -6.01. The summed E-state index contributed by atoms with van der Waals surface area (Å²) in [7, 11) is 1.16. The highest BCUT2D eigenvalue weighted by Gasteiger charge is 2.65. The molecule has 15 heteroatoms. The first-order chi connectivity index (χ1) is 22.3. The van der Waals surface area contributed by atoms with Gasteiger partial charge in [-0.1, -0.05) is 48.2 Å². The minimum Gasteiger partial charge on any atom is -0.466 e. The molecule has 254 valence electrons. The van der Waals surface area contributed by atoms with Gasteiger partial charge in [0.1, 0.15) is 18.8 Å². The summed E-state index contributed by atoms with van der Waals surface area (Å²) in [6.45, 7) is 5.10. The fraction of sp³-hybridized carbons (Fsp3) is 0.438. The second kappa shape index (κ2) is 17.2. The predicted molar refractivity (Wildman–Crippen MR) is 169 cm³/mol. The molecule has 0 aliphatic carbocycles. The van der Waals surface area contributed by atoms with Gasteiger partial charge in [-0.15, -0.1) is 11.8 Å². The fourth-order valence-electron chi connectivity index (χ4n) is 4.97. The Hall–Kier alpha value is -4.08. The number of carbonyl (C=O) groups is 6. The minimum absolute atomic E-state index is 0.551. The first-order valence-corrected chi connectivity index (χ1v) is 16.1. The molecular weight excluding hydrogens is 654 g/mol. The van der Waals surface area contributed by atoms with Crippen LogP contribution in [-0.2, 0) is 57.2 Å². The van der Waals surface area contributed by atoms with Crippen LogP contribution in [0.25, 0.3) is 0 Å². The van der Waals surface area contributed by atoms with Crippen molar-refractivity contribution in [1.82, 2.24) is 5.32 Å². The number of hydrogen-bond acceptors (Lipinski definition) is 14. The lowest BCUT2D eigenvalue weighted by atomic mass is 9.88. The molecule has 1 aliphatic heterocycles. The maximum absolute atomic E-state index is 14.1. The Morgan fingerprint density at radius 3 is 1.87 bits per heavy atom. The molecule has 13 nitrogen and oxygen atoms in total. The molecule has 1 heterocycles. The summed E-state index contributed by atoms with van der Waals surface area (Å²) in [6, 6.07) is 16.3. The lowest BCUT2D eigenvalue weighted by Crippen LogP contribution is -2.73. The Balaban J connectivity index is 2.38. The summed E-state index contributed by atoms with van der Waals surface area (Å²) in [5.74, 6) is -4.65. The predicted octanol–water partition coefficient (Wildman–Crippen LogP) is 3.07. The Bertz CT molecular complexity index is 1430. The summed E-state index contributed by atoms with van der Waals surface area (Å²) in [5.41, 5.74) is 0. The zero-order valence-corrected chi connectivity index (χ0v) is 28.3. The van der Waals surface area contributed by atoms with E-state index in [9.17, 15) is 28.8 Å². The molecule has 1 aliphatic rings. The van der Waals surface area contributed by atoms with Gasteiger partial charge in [0.05, 0.1) is 18.4 Å². The van der Waals surface area contributed by atoms with E-state index in [2.05, 4.69) is 5.32 Å². The van der Waals surface area contributed by atoms with Crippen LogP contribution in [-0.4, -0.2) is 90.1 Å². The molecule has 2 aromatic carbocycles. The Morgan fingerprint density at radius 1 is 0.809 bits per heavy atom. The highest BCUT2D eigenvalue weighted by Crippen LogP contribution is 2.51. The summed E-state index contributed by atoms with van der Waals surface area (Å²) in [5, 5.41) is 1.62. The monoisotopic (exact) mass is 691 g/mol. The van der Waals surface area contributed by atoms with Crippen molar-refractivity contribution in [3.05, 3.63) is 60.7 Å². The third-order valence-corrected chi connectivity index (χ3v) is 9.49. The summed E-state index contributed by atoms with van der Waals surface area (Å²) in [4.78, 5) is 75.4. The first kappa shape index (κ1) is 37.4. The molecule has 2 aromatic rings. The third-order valence-electron chi connectivity index (χ3n) is 6.61. The Kier molecular flexibility index (Phi) is 13.7. The van der Waals surface area contributed by atoms with Crippen molar-refractivity contribution < 1.29 is 57.2 Å². The zero-order valence-electron chi connectivity index (χ0n) is 26.7. The molecule has 3 rings (SSSR count). The lowest BCUT2D eigenvalue weighted by molar-refractivity contribution is -0.222. The van der Waals surface area contributed by atoms with E-state index < -0.39 is 83.0 Å². The topological polar surface area (TPSA) is 170 Å². The van der Waals surface area contributed by atoms with Crippen molar-refractivity contribution in [3.63, 3.8) is 0 Å². The molecular formula is C32H37NO12S2. The maximum atomic E-state index is 14.1. The lowest BCUT2D eigenvalue weighted by Gasteiger charge is -2.52. The van der Waals surface area contributed by atoms with Gasteiger partial charge in [-0.25, -0.2) is 4.79 Å². The normalized spacial score (nSPS) is 23.3. The van der Waals surface area contributed by atoms with E-state index in [-0.39, 0.29) is 0 Å². The molecule has 7 atom stereocenters. The van der Waals surface area contributed by atoms with Crippen LogP contribution in [0, 0.1) is 0 Å². The second-order valence-corrected chi connectivity index (χ2v) is 12.8. The molecule has 0 spiro atoms. The van der Waals surface area contributed by atoms with E-state index in [0.29, 0.717) is 9.79 Å². The number of methoxy groups -OCH3 is 1. The number of benzene rings is 2. The molecule has 0 aromatic heterocycles. The molecule has 0 saturated carbocycles. The van der Waals surface area contributed by atoms with E-state index in [1.807, 2.05) is 0 Å². The molecule has 1 amide bonds. The van der Waals surface area contributed by atoms with Gasteiger partial charge in [0.2, 0.25) is 10.8 Å². The SMILES string of the molecule is COC(=O)[C@]1(Sc2ccccc2)O[C@@H]([C@H](OC(C)=O)[C@@H](COC(C)=O)OC(C)=O)[C@H](NC(C)=O)[C@@H](OC(C)=O)[C@@H]1Sc1ccccc1. The van der Waals surface area contributed by atoms with Crippen LogP contribution in [0.15, 0.2) is 70.5 Å². The molecule has 47 heavy (non-hydrogen) atoms. The van der Waals surface area contributed by atoms with Crippen LogP contribution in [0.1, 0.15) is 34.6 Å². The van der Waals surface area contributed by atoms with Gasteiger partial charge >= 0.3 is 29.8 Å². The smallest absolute Gasteiger partial charge is 0.350 e. The van der Waals surface area contributed by atoms with Crippen LogP contribution in [0.2, 0.25) is 0 Å². The molecule has 0 bridgehead atoms. The van der Waals surface area contributed by atoms with E-state index >= 15 is 0 Å². The van der Waals surface area contributed by atoms with Gasteiger partial charge in [0.25, 0.3) is 0 Å². The van der Waals surface area contributed by atoms with Crippen molar-refractivity contribution in [2.75, 3.05) is 13.7 Å². The van der Waals surface area contributed by atoms with E-state index in [0.717, 1.165) is 58.3 Å². The number of hydrogen-bond donors (Lipinski definition) is 1. The van der Waals surface area contributed by atoms with Gasteiger partial charge in [-0.3, -0.25) is 24.0 Å². The van der Waals surface area contributed by atoms with Crippen molar-refractivity contribution in [2.24, 2.45) is 0 Å². The standard InChI is InChI=1S/C32H37NO12S2/c1-18(34)33-26-28(27(43-21(4)37)25(42-20(3)36)17-41-19(2)35)45-32(31(39)40-6,47-24-15-11-8-12-16-24)30(29(26)44-22(5)38)46-23-13-9-7-10-14-23/h7-16,25-30H,17H2,1-6H3,(H,33,34)/t25-,26+,27-,28-,29-,30+,32+/m1/s1. The van der Waals surface area contributed by atoms with Gasteiger partial charge < -0.3 is 33.7 Å². The number of esters is 5. The van der Waals surface area contributed by atoms with Gasteiger partial charge in [-0.2, -0.15) is 0 Å². The Morgan fingerprint density at radius 2 is 1.38 bits per heavy atom. The van der Waals surface area contributed by atoms with Crippen LogP contribution in [0.5, 0.6) is 0 Å². The minimum atomic E-state index is -2.06. The average Bonchev–Trinajstić information content (AvgIpc) is 3.00.